The van der Waals surface area contributed by atoms with E-state index in [9.17, 15) is 23.6 Å². The number of carbonyl (C=O) groups is 2. The number of pyridine rings is 1. The zero-order valence-corrected chi connectivity index (χ0v) is 33.2. The SMILES string of the molecule is CC1(C)C(=O)O[C@H]1C(=O)N1C[C@H]2CC[C@@H](C1)N2c1nc(OCC2(CN3CCC(=C(F)F)CC3)CC2)nc2c(F)c(-c3ncc(F)c4sc(N)c(C#N)c34)c3c(c12)COC3. The highest BCUT2D eigenvalue weighted by Crippen LogP contribution is 2.50. The van der Waals surface area contributed by atoms with E-state index in [0.29, 0.717) is 67.9 Å². The Labute approximate surface area is 339 Å². The number of hydrogen-bond donors (Lipinski definition) is 1. The average Bonchev–Trinajstić information content (AvgIpc) is 3.50. The number of fused-ring (bicyclic) bond motifs is 6. The van der Waals surface area contributed by atoms with Gasteiger partial charge in [-0.1, -0.05) is 0 Å². The topological polar surface area (TPSA) is 160 Å². The number of nitrogen functional groups attached to an aromatic ring is 1. The van der Waals surface area contributed by atoms with Crippen LogP contribution in [0.4, 0.5) is 28.4 Å². The molecule has 5 fully saturated rings. The largest absolute Gasteiger partial charge is 0.463 e. The number of esters is 1. The highest BCUT2D eigenvalue weighted by molar-refractivity contribution is 7.23. The number of piperidine rings is 1. The number of benzene rings is 1. The molecule has 2 N–H and O–H groups in total. The van der Waals surface area contributed by atoms with Gasteiger partial charge in [0.25, 0.3) is 12.0 Å². The summed E-state index contributed by atoms with van der Waals surface area (Å²) < 4.78 is 77.1. The van der Waals surface area contributed by atoms with Gasteiger partial charge in [0, 0.05) is 61.2 Å². The van der Waals surface area contributed by atoms with Crippen LogP contribution in [0, 0.1) is 33.8 Å². The fourth-order valence-electron chi connectivity index (χ4n) is 9.67. The van der Waals surface area contributed by atoms with Crippen LogP contribution < -0.4 is 15.4 Å². The van der Waals surface area contributed by atoms with Crippen LogP contribution in [0.1, 0.15) is 69.1 Å². The lowest BCUT2D eigenvalue weighted by molar-refractivity contribution is -0.206. The number of cyclic esters (lactones) is 1. The van der Waals surface area contributed by atoms with Crippen molar-refractivity contribution < 1.29 is 41.4 Å². The second kappa shape index (κ2) is 13.7. The van der Waals surface area contributed by atoms with E-state index in [1.807, 2.05) is 6.07 Å². The molecule has 5 aliphatic heterocycles. The third kappa shape index (κ3) is 6.01. The summed E-state index contributed by atoms with van der Waals surface area (Å²) in [5.41, 5.74) is 6.31. The average molecular weight is 833 g/mol. The third-order valence-corrected chi connectivity index (χ3v) is 14.2. The van der Waals surface area contributed by atoms with Crippen LogP contribution in [0.15, 0.2) is 17.9 Å². The third-order valence-electron chi connectivity index (χ3n) is 13.2. The molecule has 0 spiro atoms. The van der Waals surface area contributed by atoms with E-state index in [2.05, 4.69) is 14.8 Å². The Morgan fingerprint density at radius 1 is 1.08 bits per heavy atom. The van der Waals surface area contributed by atoms with Gasteiger partial charge in [-0.05, 0) is 69.1 Å². The molecule has 0 radical (unpaired) electrons. The molecule has 8 heterocycles. The van der Waals surface area contributed by atoms with Gasteiger partial charge in [-0.15, -0.1) is 11.3 Å². The van der Waals surface area contributed by atoms with E-state index in [1.165, 1.54) is 0 Å². The van der Waals surface area contributed by atoms with Crippen LogP contribution in [0.5, 0.6) is 6.01 Å². The quantitative estimate of drug-likeness (QED) is 0.158. The number of thiophene rings is 1. The van der Waals surface area contributed by atoms with Crippen LogP contribution in [-0.4, -0.2) is 94.1 Å². The van der Waals surface area contributed by atoms with E-state index in [1.54, 1.807) is 18.7 Å². The summed E-state index contributed by atoms with van der Waals surface area (Å²) in [6, 6.07) is 1.57. The van der Waals surface area contributed by atoms with Crippen molar-refractivity contribution in [2.24, 2.45) is 10.8 Å². The molecule has 0 unspecified atom stereocenters. The first-order valence-electron chi connectivity index (χ1n) is 19.8. The van der Waals surface area contributed by atoms with E-state index >= 15 is 8.78 Å². The number of likely N-dealkylation sites (tertiary alicyclic amines) is 2. The molecule has 308 valence electrons. The van der Waals surface area contributed by atoms with Crippen molar-refractivity contribution in [2.75, 3.05) is 50.0 Å². The van der Waals surface area contributed by atoms with Gasteiger partial charge in [0.05, 0.1) is 47.4 Å². The number of nitrogens with zero attached hydrogens (tertiary/aromatic N) is 7. The zero-order valence-electron chi connectivity index (χ0n) is 32.4. The molecule has 10 rings (SSSR count). The Morgan fingerprint density at radius 3 is 2.44 bits per heavy atom. The maximum Gasteiger partial charge on any atom is 0.319 e. The number of hydrogen-bond acceptors (Lipinski definition) is 13. The molecule has 1 aliphatic carbocycles. The zero-order chi connectivity index (χ0) is 41.1. The summed E-state index contributed by atoms with van der Waals surface area (Å²) >= 11 is 0.893. The predicted molar refractivity (Wildman–Crippen MR) is 207 cm³/mol. The number of anilines is 2. The van der Waals surface area contributed by atoms with Crippen LogP contribution in [-0.2, 0) is 32.3 Å². The summed E-state index contributed by atoms with van der Waals surface area (Å²) in [5.74, 6) is -1.67. The van der Waals surface area contributed by atoms with Crippen LogP contribution in [0.25, 0.3) is 32.2 Å². The Bertz CT molecular complexity index is 2540. The first-order chi connectivity index (χ1) is 28.3. The normalized spacial score (nSPS) is 24.3. The van der Waals surface area contributed by atoms with E-state index in [4.69, 9.17) is 29.9 Å². The molecular formula is C41H40F4N8O5S. The molecule has 1 aromatic carbocycles. The lowest BCUT2D eigenvalue weighted by Gasteiger charge is -2.47. The molecular weight excluding hydrogens is 793 g/mol. The maximum atomic E-state index is 17.7. The molecule has 13 nitrogen and oxygen atoms in total. The summed E-state index contributed by atoms with van der Waals surface area (Å²) in [7, 11) is 0. The minimum absolute atomic E-state index is 0.00104. The van der Waals surface area contributed by atoms with Crippen LogP contribution in [0.2, 0.25) is 0 Å². The molecule has 4 saturated heterocycles. The molecule has 4 aromatic rings. The van der Waals surface area contributed by atoms with Gasteiger partial charge in [-0.3, -0.25) is 14.6 Å². The van der Waals surface area contributed by atoms with Gasteiger partial charge in [0.15, 0.2) is 17.7 Å². The number of amides is 1. The number of piperazine rings is 1. The summed E-state index contributed by atoms with van der Waals surface area (Å²) in [4.78, 5) is 46.0. The Morgan fingerprint density at radius 2 is 1.80 bits per heavy atom. The van der Waals surface area contributed by atoms with Gasteiger partial charge < -0.3 is 34.6 Å². The van der Waals surface area contributed by atoms with Crippen molar-refractivity contribution in [3.63, 3.8) is 0 Å². The number of carbonyl (C=O) groups excluding carboxylic acids is 2. The van der Waals surface area contributed by atoms with Crippen molar-refractivity contribution >= 4 is 55.0 Å². The molecule has 1 saturated carbocycles. The molecule has 59 heavy (non-hydrogen) atoms. The molecule has 1 amide bonds. The van der Waals surface area contributed by atoms with Crippen molar-refractivity contribution in [3.05, 3.63) is 46.2 Å². The first kappa shape index (κ1) is 38.1. The second-order valence-electron chi connectivity index (χ2n) is 17.3. The van der Waals surface area contributed by atoms with E-state index in [-0.39, 0.29) is 92.2 Å². The number of rotatable bonds is 8. The fraction of sp³-hybridized carbons (Fsp3) is 0.512. The molecule has 2 bridgehead atoms. The first-order valence-corrected chi connectivity index (χ1v) is 20.7. The summed E-state index contributed by atoms with van der Waals surface area (Å²) in [5, 5.41) is 10.7. The van der Waals surface area contributed by atoms with Crippen molar-refractivity contribution in [1.82, 2.24) is 24.8 Å². The highest BCUT2D eigenvalue weighted by Gasteiger charge is 2.57. The molecule has 3 aromatic heterocycles. The molecule has 3 atom stereocenters. The minimum atomic E-state index is -1.59. The van der Waals surface area contributed by atoms with E-state index < -0.39 is 35.2 Å². The number of halogens is 4. The lowest BCUT2D eigenvalue weighted by Crippen LogP contribution is -2.64. The van der Waals surface area contributed by atoms with Crippen LogP contribution >= 0.6 is 11.3 Å². The van der Waals surface area contributed by atoms with Gasteiger partial charge in [-0.2, -0.15) is 24.0 Å². The van der Waals surface area contributed by atoms with Gasteiger partial charge >= 0.3 is 12.0 Å². The Hall–Kier alpha value is -5.12. The second-order valence-corrected chi connectivity index (χ2v) is 18.3. The highest BCUT2D eigenvalue weighted by atomic mass is 32.1. The van der Waals surface area contributed by atoms with Crippen LogP contribution in [0.3, 0.4) is 0 Å². The minimum Gasteiger partial charge on any atom is -0.463 e. The standard InChI is InChI=1S/C41H40F4N8O5S/c1-40(2)33(58-38(40)55)37(54)52-13-20-3-4-21(14-52)53(20)36-28-24-16-56-15-23(24)26(30-27-22(11-46)35(47)59-32(27)25(42)12-48-30)29(43)31(28)49-39(50-36)57-18-41(7-8-41)17-51-9-5-19(6-10-51)34(44)45/h12,20-21,33H,3-10,13-18,47H2,1-2H3/t20-,21+,33-/m0/s1. The van der Waals surface area contributed by atoms with Gasteiger partial charge in [-0.25, -0.2) is 8.78 Å². The number of nitriles is 1. The Balaban J connectivity index is 1.06. The lowest BCUT2D eigenvalue weighted by atomic mass is 9.80. The maximum absolute atomic E-state index is 17.7. The summed E-state index contributed by atoms with van der Waals surface area (Å²) in [6.45, 7) is 6.10. The number of ether oxygens (including phenoxy) is 3. The van der Waals surface area contributed by atoms with Crippen molar-refractivity contribution in [3.8, 4) is 23.3 Å². The van der Waals surface area contributed by atoms with Gasteiger partial charge in [0.2, 0.25) is 0 Å². The van der Waals surface area contributed by atoms with E-state index in [0.717, 1.165) is 43.2 Å². The van der Waals surface area contributed by atoms with Crippen molar-refractivity contribution in [1.29, 1.82) is 5.26 Å². The van der Waals surface area contributed by atoms with Crippen molar-refractivity contribution in [2.45, 2.75) is 83.8 Å². The number of aromatic nitrogens is 3. The Kier molecular flexibility index (Phi) is 8.86. The predicted octanol–water partition coefficient (Wildman–Crippen LogP) is 6.21. The van der Waals surface area contributed by atoms with Gasteiger partial charge in [0.1, 0.15) is 27.8 Å². The monoisotopic (exact) mass is 832 g/mol. The summed E-state index contributed by atoms with van der Waals surface area (Å²) in [6.07, 6.45) is 2.33. The number of nitrogens with two attached hydrogens (primary N) is 1. The smallest absolute Gasteiger partial charge is 0.319 e. The molecule has 18 heteroatoms. The fourth-order valence-corrected chi connectivity index (χ4v) is 10.6. The molecule has 6 aliphatic rings.